The van der Waals surface area contributed by atoms with Crippen molar-refractivity contribution in [2.75, 3.05) is 7.11 Å². The molecule has 0 saturated carbocycles. The maximum atomic E-state index is 13.2. The molecule has 1 heterocycles. The Kier molecular flexibility index (Phi) is 5.95. The molecule has 1 amide bonds. The molecule has 0 fully saturated rings. The molecule has 4 rings (SSSR count). The second kappa shape index (κ2) is 8.83. The van der Waals surface area contributed by atoms with Crippen LogP contribution in [-0.2, 0) is 11.2 Å². The first kappa shape index (κ1) is 21.6. The molecule has 10 heteroatoms. The Morgan fingerprint density at radius 3 is 2.62 bits per heavy atom. The molecule has 1 unspecified atom stereocenters. The number of nitrogens with one attached hydrogen (secondary N) is 1. The van der Waals surface area contributed by atoms with Gasteiger partial charge in [-0.25, -0.2) is 14.2 Å². The van der Waals surface area contributed by atoms with Crippen molar-refractivity contribution in [3.63, 3.8) is 0 Å². The average molecular weight is 455 g/mol. The predicted molar refractivity (Wildman–Crippen MR) is 115 cm³/mol. The summed E-state index contributed by atoms with van der Waals surface area (Å²) in [6.07, 6.45) is 2.32. The predicted octanol–water partition coefficient (Wildman–Crippen LogP) is 4.45. The first-order valence-electron chi connectivity index (χ1n) is 9.80. The number of carbonyl (C=O) groups is 2. The molecule has 3 aromatic rings. The summed E-state index contributed by atoms with van der Waals surface area (Å²) < 4.78 is 17.9. The first-order chi connectivity index (χ1) is 15.4. The fourth-order valence-electron chi connectivity index (χ4n) is 3.60. The molecular weight excluding hydrogens is 437 g/mol. The molecule has 1 aliphatic carbocycles. The maximum Gasteiger partial charge on any atom is 0.338 e. The largest absolute Gasteiger partial charge is 0.465 e. The lowest BCUT2D eigenvalue weighted by molar-refractivity contribution is -0.384. The number of rotatable bonds is 5. The summed E-state index contributed by atoms with van der Waals surface area (Å²) in [6.45, 7) is 0. The lowest BCUT2D eigenvalue weighted by Gasteiger charge is -2.22. The van der Waals surface area contributed by atoms with Crippen molar-refractivity contribution in [2.24, 2.45) is 0 Å². The van der Waals surface area contributed by atoms with Crippen molar-refractivity contribution >= 4 is 28.9 Å². The van der Waals surface area contributed by atoms with Crippen molar-refractivity contribution in [1.82, 2.24) is 10.3 Å². The highest BCUT2D eigenvalue weighted by Gasteiger charge is 2.28. The lowest BCUT2D eigenvalue weighted by Crippen LogP contribution is -2.31. The third-order valence-corrected chi connectivity index (χ3v) is 6.34. The van der Waals surface area contributed by atoms with Gasteiger partial charge in [-0.1, -0.05) is 0 Å². The van der Waals surface area contributed by atoms with Crippen LogP contribution in [0.4, 0.5) is 10.1 Å². The maximum absolute atomic E-state index is 13.2. The van der Waals surface area contributed by atoms with Crippen molar-refractivity contribution in [3.05, 3.63) is 80.1 Å². The van der Waals surface area contributed by atoms with Gasteiger partial charge in [0.25, 0.3) is 11.6 Å². The van der Waals surface area contributed by atoms with E-state index in [0.29, 0.717) is 6.42 Å². The van der Waals surface area contributed by atoms with Crippen LogP contribution in [0.3, 0.4) is 0 Å². The van der Waals surface area contributed by atoms with Crippen LogP contribution in [0.1, 0.15) is 50.2 Å². The number of hydrogen-bond donors (Lipinski definition) is 1. The van der Waals surface area contributed by atoms with Gasteiger partial charge in [0.15, 0.2) is 0 Å². The number of non-ortho nitro benzene ring substituents is 1. The number of aryl methyl sites for hydroxylation is 1. The number of nitro groups is 1. The summed E-state index contributed by atoms with van der Waals surface area (Å²) >= 11 is 1.50. The van der Waals surface area contributed by atoms with Gasteiger partial charge in [-0.2, -0.15) is 0 Å². The van der Waals surface area contributed by atoms with Gasteiger partial charge in [-0.3, -0.25) is 14.9 Å². The van der Waals surface area contributed by atoms with Gasteiger partial charge in [-0.05, 0) is 49.6 Å². The standard InChI is InChI=1S/C22H18FN3O5S/c1-31-22(28)14-9-13(10-16(11-14)26(29)30)20(27)24-17-3-2-4-18-19(17)25-21(32-18)12-5-7-15(23)8-6-12/h5-11,17H,2-4H2,1H3,(H,24,27). The minimum atomic E-state index is -0.772. The Balaban J connectivity index is 1.61. The Hall–Kier alpha value is -3.66. The number of esters is 1. The lowest BCUT2D eigenvalue weighted by atomic mass is 9.97. The van der Waals surface area contributed by atoms with E-state index in [9.17, 15) is 24.1 Å². The number of hydrogen-bond acceptors (Lipinski definition) is 7. The number of aromatic nitrogens is 1. The molecule has 0 spiro atoms. The van der Waals surface area contributed by atoms with E-state index in [4.69, 9.17) is 0 Å². The minimum absolute atomic E-state index is 0.0132. The molecule has 8 nitrogen and oxygen atoms in total. The zero-order valence-electron chi connectivity index (χ0n) is 17.0. The highest BCUT2D eigenvalue weighted by atomic mass is 32.1. The van der Waals surface area contributed by atoms with E-state index < -0.39 is 16.8 Å². The number of benzene rings is 2. The number of thiazole rings is 1. The number of amides is 1. The van der Waals surface area contributed by atoms with Crippen LogP contribution in [-0.4, -0.2) is 28.9 Å². The number of nitro benzene ring substituents is 1. The van der Waals surface area contributed by atoms with Crippen LogP contribution in [0.2, 0.25) is 0 Å². The third kappa shape index (κ3) is 4.35. The molecule has 2 aromatic carbocycles. The van der Waals surface area contributed by atoms with Gasteiger partial charge in [0.1, 0.15) is 10.8 Å². The van der Waals surface area contributed by atoms with Crippen LogP contribution in [0, 0.1) is 15.9 Å². The number of ether oxygens (including phenoxy) is 1. The van der Waals surface area contributed by atoms with Crippen molar-refractivity contribution in [1.29, 1.82) is 0 Å². The summed E-state index contributed by atoms with van der Waals surface area (Å²) in [5.74, 6) is -1.65. The van der Waals surface area contributed by atoms with Crippen LogP contribution >= 0.6 is 11.3 Å². The molecule has 0 saturated heterocycles. The summed E-state index contributed by atoms with van der Waals surface area (Å²) in [4.78, 5) is 41.1. The van der Waals surface area contributed by atoms with Gasteiger partial charge in [0, 0.05) is 28.1 Å². The van der Waals surface area contributed by atoms with E-state index in [2.05, 4.69) is 15.0 Å². The van der Waals surface area contributed by atoms with E-state index >= 15 is 0 Å². The Bertz CT molecular complexity index is 1210. The number of nitrogens with zero attached hydrogens (tertiary/aromatic N) is 2. The average Bonchev–Trinajstić information content (AvgIpc) is 3.24. The van der Waals surface area contributed by atoms with E-state index in [0.717, 1.165) is 53.2 Å². The highest BCUT2D eigenvalue weighted by Crippen LogP contribution is 2.37. The topological polar surface area (TPSA) is 111 Å². The molecule has 1 aliphatic rings. The monoisotopic (exact) mass is 455 g/mol. The molecular formula is C22H18FN3O5S. The molecule has 32 heavy (non-hydrogen) atoms. The van der Waals surface area contributed by atoms with Gasteiger partial charge in [0.05, 0.1) is 29.3 Å². The number of halogens is 1. The molecule has 0 radical (unpaired) electrons. The first-order valence-corrected chi connectivity index (χ1v) is 10.6. The second-order valence-electron chi connectivity index (χ2n) is 7.27. The Labute approximate surface area is 186 Å². The Morgan fingerprint density at radius 1 is 1.22 bits per heavy atom. The van der Waals surface area contributed by atoms with Gasteiger partial charge in [0.2, 0.25) is 0 Å². The molecule has 1 atom stereocenters. The van der Waals surface area contributed by atoms with E-state index in [-0.39, 0.29) is 28.7 Å². The smallest absolute Gasteiger partial charge is 0.338 e. The quantitative estimate of drug-likeness (QED) is 0.346. The summed E-state index contributed by atoms with van der Waals surface area (Å²) in [5.41, 5.74) is 1.06. The Morgan fingerprint density at radius 2 is 1.94 bits per heavy atom. The van der Waals surface area contributed by atoms with Gasteiger partial charge in [-0.15, -0.1) is 11.3 Å². The van der Waals surface area contributed by atoms with Gasteiger partial charge < -0.3 is 10.1 Å². The number of methoxy groups -OCH3 is 1. The van der Waals surface area contributed by atoms with Crippen molar-refractivity contribution < 1.29 is 23.6 Å². The normalized spacial score (nSPS) is 15.0. The van der Waals surface area contributed by atoms with Crippen molar-refractivity contribution in [3.8, 4) is 10.6 Å². The number of carbonyl (C=O) groups excluding carboxylic acids is 2. The van der Waals surface area contributed by atoms with Crippen LogP contribution < -0.4 is 5.32 Å². The van der Waals surface area contributed by atoms with E-state index in [1.165, 1.54) is 29.5 Å². The molecule has 1 aromatic heterocycles. The molecule has 164 valence electrons. The summed E-state index contributed by atoms with van der Waals surface area (Å²) in [5, 5.41) is 14.9. The zero-order chi connectivity index (χ0) is 22.8. The fraction of sp³-hybridized carbons (Fsp3) is 0.227. The molecule has 1 N–H and O–H groups in total. The summed E-state index contributed by atoms with van der Waals surface area (Å²) in [6, 6.07) is 9.13. The SMILES string of the molecule is COC(=O)c1cc(C(=O)NC2CCCc3sc(-c4ccc(F)cc4)nc32)cc([N+](=O)[O-])c1. The van der Waals surface area contributed by atoms with Crippen molar-refractivity contribution in [2.45, 2.75) is 25.3 Å². The summed E-state index contributed by atoms with van der Waals surface area (Å²) in [7, 11) is 1.16. The number of fused-ring (bicyclic) bond motifs is 1. The fourth-order valence-corrected chi connectivity index (χ4v) is 4.77. The van der Waals surface area contributed by atoms with Crippen LogP contribution in [0.25, 0.3) is 10.6 Å². The minimum Gasteiger partial charge on any atom is -0.465 e. The van der Waals surface area contributed by atoms with Crippen LogP contribution in [0.15, 0.2) is 42.5 Å². The molecule has 0 bridgehead atoms. The zero-order valence-corrected chi connectivity index (χ0v) is 17.8. The van der Waals surface area contributed by atoms with Crippen LogP contribution in [0.5, 0.6) is 0 Å². The molecule has 0 aliphatic heterocycles. The third-order valence-electron chi connectivity index (χ3n) is 5.16. The van der Waals surface area contributed by atoms with E-state index in [1.807, 2.05) is 0 Å². The second-order valence-corrected chi connectivity index (χ2v) is 8.35. The highest BCUT2D eigenvalue weighted by molar-refractivity contribution is 7.15. The van der Waals surface area contributed by atoms with Gasteiger partial charge >= 0.3 is 5.97 Å². The van der Waals surface area contributed by atoms with E-state index in [1.54, 1.807) is 12.1 Å².